The molecule has 3 rings (SSSR count). The highest BCUT2D eigenvalue weighted by atomic mass is 16.6. The van der Waals surface area contributed by atoms with Crippen LogP contribution in [0, 0.1) is 0 Å². The number of carbonyl (C=O) groups excluding carboxylic acids is 2. The summed E-state index contributed by atoms with van der Waals surface area (Å²) in [5.41, 5.74) is 1.70. The zero-order valence-corrected chi connectivity index (χ0v) is 17.7. The summed E-state index contributed by atoms with van der Waals surface area (Å²) < 4.78 is 5.01. The molecular weight excluding hydrogens is 420 g/mol. The zero-order valence-electron chi connectivity index (χ0n) is 17.7. The highest BCUT2D eigenvalue weighted by Gasteiger charge is 2.33. The number of anilines is 1. The Kier molecular flexibility index (Phi) is 7.31. The highest BCUT2D eigenvalue weighted by molar-refractivity contribution is 5.96. The summed E-state index contributed by atoms with van der Waals surface area (Å²) in [6.07, 6.45) is 0.796. The molecule has 2 aromatic rings. The molecular formula is C21H26N4O7. The van der Waals surface area contributed by atoms with E-state index in [0.29, 0.717) is 48.3 Å². The second kappa shape index (κ2) is 10.1. The van der Waals surface area contributed by atoms with Crippen LogP contribution in [0.4, 0.5) is 10.5 Å². The number of aliphatic carboxylic acids is 2. The molecule has 0 bridgehead atoms. The molecule has 0 radical (unpaired) electrons. The summed E-state index contributed by atoms with van der Waals surface area (Å²) in [7, 11) is 0. The van der Waals surface area contributed by atoms with Crippen molar-refractivity contribution in [2.45, 2.75) is 25.8 Å². The average Bonchev–Trinajstić information content (AvgIpc) is 3.16. The van der Waals surface area contributed by atoms with Crippen molar-refractivity contribution in [1.29, 1.82) is 0 Å². The normalized spacial score (nSPS) is 15.3. The molecule has 1 saturated heterocycles. The molecule has 32 heavy (non-hydrogen) atoms. The van der Waals surface area contributed by atoms with Crippen LogP contribution in [-0.4, -0.2) is 81.7 Å². The van der Waals surface area contributed by atoms with Crippen LogP contribution in [0.5, 0.6) is 0 Å². The van der Waals surface area contributed by atoms with Crippen molar-refractivity contribution < 1.29 is 34.1 Å². The lowest BCUT2D eigenvalue weighted by Gasteiger charge is -2.37. The fourth-order valence-corrected chi connectivity index (χ4v) is 3.75. The number of hydrogen-bond donors (Lipinski definition) is 4. The van der Waals surface area contributed by atoms with Crippen molar-refractivity contribution in [2.24, 2.45) is 0 Å². The maximum absolute atomic E-state index is 12.2. The van der Waals surface area contributed by atoms with Crippen LogP contribution in [0.3, 0.4) is 0 Å². The maximum Gasteiger partial charge on any atom is 0.409 e. The van der Waals surface area contributed by atoms with E-state index in [0.717, 1.165) is 0 Å². The molecule has 2 heterocycles. The number of H-pyrrole nitrogens is 1. The predicted octanol–water partition coefficient (Wildman–Crippen LogP) is 1.87. The van der Waals surface area contributed by atoms with Gasteiger partial charge in [0.15, 0.2) is 0 Å². The van der Waals surface area contributed by atoms with Crippen LogP contribution in [0.1, 0.15) is 31.4 Å². The number of benzene rings is 1. The van der Waals surface area contributed by atoms with Crippen LogP contribution < -0.4 is 5.32 Å². The molecule has 1 fully saturated rings. The van der Waals surface area contributed by atoms with E-state index in [1.165, 1.54) is 0 Å². The van der Waals surface area contributed by atoms with Crippen molar-refractivity contribution in [1.82, 2.24) is 14.8 Å². The molecule has 0 spiro atoms. The van der Waals surface area contributed by atoms with Gasteiger partial charge in [-0.05, 0) is 25.1 Å². The molecule has 1 unspecified atom stereocenters. The predicted molar refractivity (Wildman–Crippen MR) is 114 cm³/mol. The number of carboxylic acid groups (broad SMARTS) is 2. The van der Waals surface area contributed by atoms with E-state index >= 15 is 0 Å². The average molecular weight is 446 g/mol. The fraction of sp³-hybridized carbons (Fsp3) is 0.429. The minimum Gasteiger partial charge on any atom is -0.481 e. The van der Waals surface area contributed by atoms with Gasteiger partial charge in [0.05, 0.1) is 13.0 Å². The van der Waals surface area contributed by atoms with E-state index in [1.807, 2.05) is 0 Å². The molecule has 0 aliphatic carbocycles. The number of fused-ring (bicyclic) bond motifs is 1. The summed E-state index contributed by atoms with van der Waals surface area (Å²) in [6.45, 7) is 3.46. The molecule has 1 aromatic carbocycles. The van der Waals surface area contributed by atoms with Gasteiger partial charge in [0.2, 0.25) is 5.91 Å². The zero-order chi connectivity index (χ0) is 23.3. The van der Waals surface area contributed by atoms with Gasteiger partial charge in [-0.3, -0.25) is 19.3 Å². The number of amides is 2. The number of nitrogens with zero attached hydrogens (tertiary/aromatic N) is 2. The molecule has 0 saturated carbocycles. The summed E-state index contributed by atoms with van der Waals surface area (Å²) in [5.74, 6) is -2.52. The Balaban J connectivity index is 1.78. The molecule has 4 N–H and O–H groups in total. The fourth-order valence-electron chi connectivity index (χ4n) is 3.75. The smallest absolute Gasteiger partial charge is 0.409 e. The van der Waals surface area contributed by atoms with E-state index < -0.39 is 30.0 Å². The lowest BCUT2D eigenvalue weighted by Crippen LogP contribution is -2.51. The minimum absolute atomic E-state index is 0.157. The number of aromatic nitrogens is 1. The SMILES string of the molecule is CCOC(=O)N1CCN(C(C(=O)O)c2c[nH]c3ccc(NC(=O)CCC(=O)O)cc23)CC1. The van der Waals surface area contributed by atoms with E-state index in [4.69, 9.17) is 9.84 Å². The third kappa shape index (κ3) is 5.35. The number of ether oxygens (including phenoxy) is 1. The van der Waals surface area contributed by atoms with Crippen LogP contribution in [0.15, 0.2) is 24.4 Å². The third-order valence-electron chi connectivity index (χ3n) is 5.30. The minimum atomic E-state index is -1.06. The van der Waals surface area contributed by atoms with E-state index in [-0.39, 0.29) is 19.4 Å². The first-order valence-corrected chi connectivity index (χ1v) is 10.3. The molecule has 2 amide bonds. The standard InChI is InChI=1S/C21H26N4O7/c1-2-32-21(31)25-9-7-24(8-10-25)19(20(29)30)15-12-22-16-4-3-13(11-14(15)16)23-17(26)5-6-18(27)28/h3-4,11-12,19,22H,2,5-10H2,1H3,(H,23,26)(H,27,28)(H,29,30). The number of carboxylic acids is 2. The number of rotatable bonds is 8. The van der Waals surface area contributed by atoms with Crippen LogP contribution in [-0.2, 0) is 19.1 Å². The second-order valence-electron chi connectivity index (χ2n) is 7.41. The lowest BCUT2D eigenvalue weighted by atomic mass is 10.0. The van der Waals surface area contributed by atoms with Crippen LogP contribution in [0.2, 0.25) is 0 Å². The Morgan fingerprint density at radius 2 is 1.84 bits per heavy atom. The Hall–Kier alpha value is -3.60. The molecule has 1 aromatic heterocycles. The number of piperazine rings is 1. The van der Waals surface area contributed by atoms with E-state index in [2.05, 4.69) is 10.3 Å². The van der Waals surface area contributed by atoms with E-state index in [1.54, 1.807) is 41.1 Å². The number of hydrogen-bond acceptors (Lipinski definition) is 6. The molecule has 172 valence electrons. The molecule has 11 nitrogen and oxygen atoms in total. The second-order valence-corrected chi connectivity index (χ2v) is 7.41. The molecule has 1 atom stereocenters. The first-order chi connectivity index (χ1) is 15.3. The van der Waals surface area contributed by atoms with Crippen molar-refractivity contribution in [2.75, 3.05) is 38.1 Å². The topological polar surface area (TPSA) is 152 Å². The quantitative estimate of drug-likeness (QED) is 0.479. The molecule has 1 aliphatic heterocycles. The lowest BCUT2D eigenvalue weighted by molar-refractivity contribution is -0.144. The third-order valence-corrected chi connectivity index (χ3v) is 5.30. The van der Waals surface area contributed by atoms with Crippen molar-refractivity contribution in [3.05, 3.63) is 30.0 Å². The largest absolute Gasteiger partial charge is 0.481 e. The number of nitrogens with one attached hydrogen (secondary N) is 2. The van der Waals surface area contributed by atoms with Gasteiger partial charge < -0.3 is 30.2 Å². The van der Waals surface area contributed by atoms with Gasteiger partial charge in [0.1, 0.15) is 6.04 Å². The number of carbonyl (C=O) groups is 4. The molecule has 1 aliphatic rings. The summed E-state index contributed by atoms with van der Waals surface area (Å²) in [5, 5.41) is 22.0. The Morgan fingerprint density at radius 1 is 1.12 bits per heavy atom. The van der Waals surface area contributed by atoms with Crippen LogP contribution in [0.25, 0.3) is 10.9 Å². The van der Waals surface area contributed by atoms with Gasteiger partial charge in [-0.15, -0.1) is 0 Å². The Bertz CT molecular complexity index is 1010. The van der Waals surface area contributed by atoms with E-state index in [9.17, 15) is 24.3 Å². The Morgan fingerprint density at radius 3 is 2.47 bits per heavy atom. The summed E-state index contributed by atoms with van der Waals surface area (Å²) in [6, 6.07) is 4.12. The van der Waals surface area contributed by atoms with Crippen molar-refractivity contribution in [3.8, 4) is 0 Å². The number of aromatic amines is 1. The highest BCUT2D eigenvalue weighted by Crippen LogP contribution is 2.31. The summed E-state index contributed by atoms with van der Waals surface area (Å²) in [4.78, 5) is 53.1. The van der Waals surface area contributed by atoms with Crippen LogP contribution >= 0.6 is 0 Å². The van der Waals surface area contributed by atoms with Gasteiger partial charge in [-0.25, -0.2) is 4.79 Å². The van der Waals surface area contributed by atoms with Crippen molar-refractivity contribution >= 4 is 40.5 Å². The van der Waals surface area contributed by atoms with Gasteiger partial charge in [-0.2, -0.15) is 0 Å². The monoisotopic (exact) mass is 446 g/mol. The Labute approximate surface area is 183 Å². The first-order valence-electron chi connectivity index (χ1n) is 10.3. The molecule has 11 heteroatoms. The first kappa shape index (κ1) is 23.1. The van der Waals surface area contributed by atoms with Gasteiger partial charge in [0.25, 0.3) is 0 Å². The van der Waals surface area contributed by atoms with Gasteiger partial charge in [-0.1, -0.05) is 0 Å². The van der Waals surface area contributed by atoms with Gasteiger partial charge in [0, 0.05) is 61.0 Å². The van der Waals surface area contributed by atoms with Crippen molar-refractivity contribution in [3.63, 3.8) is 0 Å². The maximum atomic E-state index is 12.2. The van der Waals surface area contributed by atoms with Gasteiger partial charge >= 0.3 is 18.0 Å². The summed E-state index contributed by atoms with van der Waals surface area (Å²) >= 11 is 0.